The molecule has 3 aliphatic carbocycles. The number of carbonyl (C=O) groups is 2. The Balaban J connectivity index is 1.62. The topological polar surface area (TPSA) is 94.6 Å². The molecular weight excluding hydrogens is 488 g/mol. The van der Waals surface area contributed by atoms with Gasteiger partial charge in [-0.3, -0.25) is 9.59 Å². The van der Waals surface area contributed by atoms with Crippen LogP contribution in [0, 0.1) is 17.8 Å². The smallest absolute Gasteiger partial charge is 0.200 e. The summed E-state index contributed by atoms with van der Waals surface area (Å²) in [5.74, 6) is -1.21. The number of aliphatic hydroxyl groups is 1. The average Bonchev–Trinajstić information content (AvgIpc) is 3.43. The molecule has 4 aliphatic rings. The number of hydrogen-bond donors (Lipinski definition) is 1. The minimum Gasteiger partial charge on any atom is -0.467 e. The number of carbonyl (C=O) groups excluding carboxylic acids is 2. The summed E-state index contributed by atoms with van der Waals surface area (Å²) < 4.78 is 24.4. The van der Waals surface area contributed by atoms with Crippen LogP contribution >= 0.6 is 0 Å². The SMILES string of the molecule is COCOc1cccc2c1C1(O)C(=O)C[C@H]3C(=O)[C@@]4(C)O[C@H]4[C@H](O[Si](C(C)C)(C(C)C)C(C)C)[C@H]3[C@@H]1C2. The van der Waals surface area contributed by atoms with E-state index in [9.17, 15) is 14.7 Å². The number of methoxy groups -OCH3 is 1. The molecule has 37 heavy (non-hydrogen) atoms. The second kappa shape index (κ2) is 8.98. The molecule has 1 aliphatic heterocycles. The zero-order valence-corrected chi connectivity index (χ0v) is 24.4. The molecule has 7 nitrogen and oxygen atoms in total. The van der Waals surface area contributed by atoms with E-state index in [1.165, 1.54) is 7.11 Å². The van der Waals surface area contributed by atoms with Crippen LogP contribution < -0.4 is 4.74 Å². The first-order chi connectivity index (χ1) is 17.3. The summed E-state index contributed by atoms with van der Waals surface area (Å²) in [6.45, 7) is 15.3. The number of ether oxygens (including phenoxy) is 3. The van der Waals surface area contributed by atoms with Crippen LogP contribution in [0.15, 0.2) is 18.2 Å². The van der Waals surface area contributed by atoms with Gasteiger partial charge in [-0.25, -0.2) is 0 Å². The highest BCUT2D eigenvalue weighted by atomic mass is 28.4. The zero-order chi connectivity index (χ0) is 27.1. The lowest BCUT2D eigenvalue weighted by Gasteiger charge is -2.52. The van der Waals surface area contributed by atoms with Crippen molar-refractivity contribution in [2.45, 2.75) is 101 Å². The van der Waals surface area contributed by atoms with Crippen molar-refractivity contribution in [2.24, 2.45) is 17.8 Å². The van der Waals surface area contributed by atoms with Crippen LogP contribution in [-0.4, -0.2) is 56.7 Å². The van der Waals surface area contributed by atoms with Crippen molar-refractivity contribution in [1.29, 1.82) is 0 Å². The molecule has 1 N–H and O–H groups in total. The van der Waals surface area contributed by atoms with Gasteiger partial charge in [-0.1, -0.05) is 53.7 Å². The molecule has 204 valence electrons. The maximum atomic E-state index is 13.8. The number of Topliss-reactive ketones (excluding diaryl/α,β-unsaturated/α-hetero) is 2. The Bertz CT molecular complexity index is 1080. The van der Waals surface area contributed by atoms with Crippen molar-refractivity contribution in [3.05, 3.63) is 29.3 Å². The van der Waals surface area contributed by atoms with Gasteiger partial charge >= 0.3 is 0 Å². The van der Waals surface area contributed by atoms with Crippen molar-refractivity contribution in [2.75, 3.05) is 13.9 Å². The summed E-state index contributed by atoms with van der Waals surface area (Å²) >= 11 is 0. The maximum absolute atomic E-state index is 13.8. The fourth-order valence-corrected chi connectivity index (χ4v) is 14.0. The van der Waals surface area contributed by atoms with Crippen molar-refractivity contribution in [1.82, 2.24) is 0 Å². The highest BCUT2D eigenvalue weighted by molar-refractivity contribution is 6.77. The lowest BCUT2D eigenvalue weighted by molar-refractivity contribution is -0.170. The molecule has 8 heteroatoms. The molecule has 2 saturated carbocycles. The standard InChI is InChI=1S/C29H42O7Si/c1-15(2)37(16(3)4,17(5)6)36-25-23-19(26(31)28(7)27(25)35-28)13-22(30)29(32)20(23)12-18-10-9-11-21(24(18)29)34-14-33-8/h9-11,15-17,19-20,23,25,27,32H,12-14H2,1-8H3/t19-,20+,23-,25-,27+,28-,29?/m1/s1. The van der Waals surface area contributed by atoms with E-state index in [1.54, 1.807) is 6.07 Å². The molecule has 0 spiro atoms. The average molecular weight is 531 g/mol. The van der Waals surface area contributed by atoms with Crippen LogP contribution in [0.4, 0.5) is 0 Å². The van der Waals surface area contributed by atoms with E-state index in [2.05, 4.69) is 41.5 Å². The van der Waals surface area contributed by atoms with Gasteiger partial charge in [-0.2, -0.15) is 0 Å². The summed E-state index contributed by atoms with van der Waals surface area (Å²) in [5, 5.41) is 12.3. The molecule has 1 aromatic rings. The van der Waals surface area contributed by atoms with Gasteiger partial charge in [0.05, 0.1) is 6.10 Å². The summed E-state index contributed by atoms with van der Waals surface area (Å²) in [4.78, 5) is 27.5. The molecule has 1 heterocycles. The Hall–Kier alpha value is -1.58. The summed E-state index contributed by atoms with van der Waals surface area (Å²) in [6, 6.07) is 5.59. The van der Waals surface area contributed by atoms with Crippen LogP contribution in [0.3, 0.4) is 0 Å². The van der Waals surface area contributed by atoms with Gasteiger partial charge in [0.1, 0.15) is 11.9 Å². The van der Waals surface area contributed by atoms with Crippen molar-refractivity contribution < 1.29 is 33.3 Å². The number of benzene rings is 1. The quantitative estimate of drug-likeness (QED) is 0.300. The minimum absolute atomic E-state index is 0.0142. The van der Waals surface area contributed by atoms with E-state index in [1.807, 2.05) is 19.1 Å². The van der Waals surface area contributed by atoms with Crippen molar-refractivity contribution >= 4 is 19.9 Å². The van der Waals surface area contributed by atoms with Crippen LogP contribution in [0.25, 0.3) is 0 Å². The molecule has 5 rings (SSSR count). The predicted octanol–water partition coefficient (Wildman–Crippen LogP) is 4.54. The molecule has 1 saturated heterocycles. The summed E-state index contributed by atoms with van der Waals surface area (Å²) in [6.07, 6.45) is -0.234. The molecule has 0 amide bonds. The molecule has 3 fully saturated rings. The molecule has 1 aromatic carbocycles. The van der Waals surface area contributed by atoms with Crippen molar-refractivity contribution in [3.8, 4) is 5.75 Å². The number of hydrogen-bond acceptors (Lipinski definition) is 7. The highest BCUT2D eigenvalue weighted by Gasteiger charge is 2.75. The fraction of sp³-hybridized carbons (Fsp3) is 0.724. The second-order valence-electron chi connectivity index (χ2n) is 12.6. The Labute approximate surface area is 221 Å². The molecule has 7 atom stereocenters. The first-order valence-corrected chi connectivity index (χ1v) is 15.9. The molecule has 0 aromatic heterocycles. The van der Waals surface area contributed by atoms with E-state index in [-0.39, 0.29) is 42.9 Å². The Morgan fingerprint density at radius 2 is 1.73 bits per heavy atom. The van der Waals surface area contributed by atoms with Crippen LogP contribution in [0.5, 0.6) is 5.75 Å². The number of ketones is 2. The fourth-order valence-electron chi connectivity index (χ4n) is 8.41. The largest absolute Gasteiger partial charge is 0.467 e. The minimum atomic E-state index is -2.35. The van der Waals surface area contributed by atoms with Crippen LogP contribution in [0.1, 0.15) is 66.0 Å². The van der Waals surface area contributed by atoms with Gasteiger partial charge in [-0.15, -0.1) is 0 Å². The van der Waals surface area contributed by atoms with E-state index in [0.717, 1.165) is 5.56 Å². The van der Waals surface area contributed by atoms with Gasteiger partial charge in [0.15, 0.2) is 29.6 Å². The Morgan fingerprint density at radius 3 is 2.32 bits per heavy atom. The molecule has 0 bridgehead atoms. The zero-order valence-electron chi connectivity index (χ0n) is 23.4. The third-order valence-corrected chi connectivity index (χ3v) is 16.1. The number of rotatable bonds is 8. The number of epoxide rings is 1. The van der Waals surface area contributed by atoms with E-state index >= 15 is 0 Å². The summed E-state index contributed by atoms with van der Waals surface area (Å²) in [7, 11) is -0.819. The van der Waals surface area contributed by atoms with Crippen LogP contribution in [-0.2, 0) is 35.5 Å². The van der Waals surface area contributed by atoms with Gasteiger partial charge in [-0.05, 0) is 41.6 Å². The third kappa shape index (κ3) is 3.59. The Kier molecular flexibility index (Phi) is 6.55. The lowest BCUT2D eigenvalue weighted by atomic mass is 9.56. The molecular formula is C29H42O7Si. The Morgan fingerprint density at radius 1 is 1.08 bits per heavy atom. The molecule has 0 radical (unpaired) electrons. The van der Waals surface area contributed by atoms with Gasteiger partial charge < -0.3 is 23.7 Å². The first-order valence-electron chi connectivity index (χ1n) is 13.7. The molecule has 1 unspecified atom stereocenters. The van der Waals surface area contributed by atoms with E-state index in [0.29, 0.717) is 34.4 Å². The highest BCUT2D eigenvalue weighted by Crippen LogP contribution is 2.63. The third-order valence-electron chi connectivity index (χ3n) is 9.97. The van der Waals surface area contributed by atoms with E-state index < -0.39 is 31.4 Å². The first kappa shape index (κ1) is 27.0. The van der Waals surface area contributed by atoms with Gasteiger partial charge in [0.25, 0.3) is 0 Å². The van der Waals surface area contributed by atoms with Crippen LogP contribution in [0.2, 0.25) is 16.6 Å². The lowest BCUT2D eigenvalue weighted by Crippen LogP contribution is -2.64. The second-order valence-corrected chi connectivity index (χ2v) is 18.0. The predicted molar refractivity (Wildman–Crippen MR) is 141 cm³/mol. The maximum Gasteiger partial charge on any atom is 0.200 e. The van der Waals surface area contributed by atoms with Gasteiger partial charge in [0.2, 0.25) is 8.32 Å². The van der Waals surface area contributed by atoms with Gasteiger partial charge in [0, 0.05) is 36.8 Å². The van der Waals surface area contributed by atoms with E-state index in [4.69, 9.17) is 18.6 Å². The monoisotopic (exact) mass is 530 g/mol. The van der Waals surface area contributed by atoms with Crippen molar-refractivity contribution in [3.63, 3.8) is 0 Å². The normalized spacial score (nSPS) is 36.5. The number of fused-ring (bicyclic) bond motifs is 6. The summed E-state index contributed by atoms with van der Waals surface area (Å²) in [5.41, 5.74) is -0.177.